The molecule has 5 rings (SSSR count). The van der Waals surface area contributed by atoms with Crippen LogP contribution in [0.25, 0.3) is 0 Å². The SMILES string of the molecule is CC(C)N1C(=O)CCCc2cc(Nc3ncc(Cl)c(NC4C5C=CC(C5)C4C(=O)O)n3)ccc21. The van der Waals surface area contributed by atoms with Crippen LogP contribution in [0, 0.1) is 17.8 Å². The van der Waals surface area contributed by atoms with Gasteiger partial charge in [0.05, 0.1) is 12.1 Å². The molecule has 3 N–H and O–H groups in total. The zero-order chi connectivity index (χ0) is 24.0. The Morgan fingerprint density at radius 1 is 1.24 bits per heavy atom. The van der Waals surface area contributed by atoms with Crippen LogP contribution in [-0.4, -0.2) is 39.0 Å². The van der Waals surface area contributed by atoms with Gasteiger partial charge in [0, 0.05) is 29.9 Å². The van der Waals surface area contributed by atoms with Crippen molar-refractivity contribution in [3.8, 4) is 0 Å². The Hall–Kier alpha value is -3.13. The van der Waals surface area contributed by atoms with Crippen LogP contribution in [0.5, 0.6) is 0 Å². The van der Waals surface area contributed by atoms with Crippen molar-refractivity contribution in [2.24, 2.45) is 17.8 Å². The molecule has 0 spiro atoms. The van der Waals surface area contributed by atoms with Crippen molar-refractivity contribution in [2.45, 2.75) is 51.6 Å². The third kappa shape index (κ3) is 4.11. The molecule has 1 saturated carbocycles. The molecule has 4 unspecified atom stereocenters. The highest BCUT2D eigenvalue weighted by Crippen LogP contribution is 2.45. The standard InChI is InChI=1S/C25H28ClN5O3/c1-13(2)31-19-9-8-17(11-14(19)4-3-5-20(31)32)28-25-27-12-18(26)23(30-25)29-22-16-7-6-15(10-16)21(22)24(33)34/h6-9,11-13,15-16,21-22H,3-5,10H2,1-2H3,(H,33,34)(H2,27,28,29,30). The van der Waals surface area contributed by atoms with Crippen molar-refractivity contribution >= 4 is 46.6 Å². The van der Waals surface area contributed by atoms with E-state index in [-0.39, 0.29) is 29.8 Å². The number of nitrogens with one attached hydrogen (secondary N) is 2. The van der Waals surface area contributed by atoms with E-state index in [0.29, 0.717) is 23.2 Å². The van der Waals surface area contributed by atoms with Gasteiger partial charge >= 0.3 is 5.97 Å². The van der Waals surface area contributed by atoms with E-state index >= 15 is 0 Å². The second-order valence-electron chi connectivity index (χ2n) is 9.55. The number of benzene rings is 1. The fourth-order valence-electron chi connectivity index (χ4n) is 5.52. The lowest BCUT2D eigenvalue weighted by atomic mass is 9.89. The van der Waals surface area contributed by atoms with E-state index in [1.165, 1.54) is 6.20 Å². The first kappa shape index (κ1) is 22.7. The first-order valence-electron chi connectivity index (χ1n) is 11.7. The third-order valence-corrected chi connectivity index (χ3v) is 7.29. The number of aliphatic carboxylic acids is 1. The summed E-state index contributed by atoms with van der Waals surface area (Å²) in [4.78, 5) is 35.1. The summed E-state index contributed by atoms with van der Waals surface area (Å²) >= 11 is 6.36. The van der Waals surface area contributed by atoms with Gasteiger partial charge in [0.2, 0.25) is 11.9 Å². The number of carbonyl (C=O) groups is 2. The fourth-order valence-corrected chi connectivity index (χ4v) is 5.67. The van der Waals surface area contributed by atoms with E-state index in [1.54, 1.807) is 0 Å². The van der Waals surface area contributed by atoms with Gasteiger partial charge in [-0.1, -0.05) is 23.8 Å². The molecule has 1 aromatic carbocycles. The van der Waals surface area contributed by atoms with Gasteiger partial charge in [0.15, 0.2) is 5.82 Å². The van der Waals surface area contributed by atoms with E-state index in [4.69, 9.17) is 11.6 Å². The quantitative estimate of drug-likeness (QED) is 0.516. The van der Waals surface area contributed by atoms with Gasteiger partial charge in [0.25, 0.3) is 0 Å². The Kier molecular flexibility index (Phi) is 5.93. The molecule has 1 aromatic heterocycles. The maximum absolute atomic E-state index is 12.5. The molecule has 2 bridgehead atoms. The average molecular weight is 482 g/mol. The molecule has 1 fully saturated rings. The molecule has 34 heavy (non-hydrogen) atoms. The van der Waals surface area contributed by atoms with Gasteiger partial charge in [-0.05, 0) is 68.7 Å². The molecule has 2 aromatic rings. The largest absolute Gasteiger partial charge is 0.481 e. The van der Waals surface area contributed by atoms with Gasteiger partial charge in [-0.3, -0.25) is 9.59 Å². The summed E-state index contributed by atoms with van der Waals surface area (Å²) in [5.41, 5.74) is 2.87. The number of amides is 1. The number of hydrogen-bond acceptors (Lipinski definition) is 6. The predicted molar refractivity (Wildman–Crippen MR) is 132 cm³/mol. The van der Waals surface area contributed by atoms with Crippen LogP contribution in [-0.2, 0) is 16.0 Å². The highest BCUT2D eigenvalue weighted by Gasteiger charge is 2.48. The van der Waals surface area contributed by atoms with E-state index in [1.807, 2.05) is 43.0 Å². The summed E-state index contributed by atoms with van der Waals surface area (Å²) in [6.45, 7) is 4.05. The van der Waals surface area contributed by atoms with Gasteiger partial charge in [-0.15, -0.1) is 0 Å². The Morgan fingerprint density at radius 3 is 2.79 bits per heavy atom. The van der Waals surface area contributed by atoms with Crippen molar-refractivity contribution in [1.82, 2.24) is 9.97 Å². The minimum atomic E-state index is -0.809. The molecule has 9 heteroatoms. The number of hydrogen-bond donors (Lipinski definition) is 3. The lowest BCUT2D eigenvalue weighted by Crippen LogP contribution is -2.38. The Morgan fingerprint density at radius 2 is 2.03 bits per heavy atom. The lowest BCUT2D eigenvalue weighted by molar-refractivity contribution is -0.142. The topological polar surface area (TPSA) is 107 Å². The Bertz CT molecular complexity index is 1170. The molecule has 3 aliphatic rings. The summed E-state index contributed by atoms with van der Waals surface area (Å²) in [6.07, 6.45) is 8.60. The molecular weight excluding hydrogens is 454 g/mol. The number of allylic oxidation sites excluding steroid dienone is 1. The molecule has 1 aliphatic heterocycles. The first-order valence-corrected chi connectivity index (χ1v) is 12.1. The summed E-state index contributed by atoms with van der Waals surface area (Å²) in [7, 11) is 0. The van der Waals surface area contributed by atoms with E-state index < -0.39 is 11.9 Å². The van der Waals surface area contributed by atoms with Crippen molar-refractivity contribution in [3.05, 3.63) is 47.1 Å². The van der Waals surface area contributed by atoms with Gasteiger partial charge in [-0.25, -0.2) is 4.98 Å². The first-order chi connectivity index (χ1) is 16.3. The number of aryl methyl sites for hydroxylation is 1. The normalized spacial score (nSPS) is 25.4. The smallest absolute Gasteiger partial charge is 0.309 e. The van der Waals surface area contributed by atoms with Crippen LogP contribution in [0.1, 0.15) is 38.7 Å². The molecule has 0 saturated heterocycles. The number of carbonyl (C=O) groups excluding carboxylic acids is 1. The number of anilines is 4. The highest BCUT2D eigenvalue weighted by molar-refractivity contribution is 6.32. The van der Waals surface area contributed by atoms with Crippen LogP contribution in [0.2, 0.25) is 5.02 Å². The Balaban J connectivity index is 1.38. The van der Waals surface area contributed by atoms with Crippen LogP contribution >= 0.6 is 11.6 Å². The monoisotopic (exact) mass is 481 g/mol. The number of fused-ring (bicyclic) bond motifs is 3. The van der Waals surface area contributed by atoms with Crippen LogP contribution in [0.15, 0.2) is 36.5 Å². The fraction of sp³-hybridized carbons (Fsp3) is 0.440. The number of rotatable bonds is 6. The van der Waals surface area contributed by atoms with Crippen LogP contribution in [0.4, 0.5) is 23.1 Å². The number of nitrogens with zero attached hydrogens (tertiary/aromatic N) is 3. The average Bonchev–Trinajstić information content (AvgIpc) is 3.34. The van der Waals surface area contributed by atoms with Crippen molar-refractivity contribution in [3.63, 3.8) is 0 Å². The molecule has 178 valence electrons. The van der Waals surface area contributed by atoms with Crippen LogP contribution in [0.3, 0.4) is 0 Å². The summed E-state index contributed by atoms with van der Waals surface area (Å²) in [6, 6.07) is 5.75. The van der Waals surface area contributed by atoms with E-state index in [9.17, 15) is 14.7 Å². The zero-order valence-corrected chi connectivity index (χ0v) is 19.9. The molecule has 4 atom stereocenters. The van der Waals surface area contributed by atoms with Crippen molar-refractivity contribution in [1.29, 1.82) is 0 Å². The Labute approximate surface area is 203 Å². The molecule has 2 aliphatic carbocycles. The van der Waals surface area contributed by atoms with Gasteiger partial charge < -0.3 is 20.6 Å². The highest BCUT2D eigenvalue weighted by atomic mass is 35.5. The van der Waals surface area contributed by atoms with Gasteiger partial charge in [0.1, 0.15) is 5.02 Å². The summed E-state index contributed by atoms with van der Waals surface area (Å²) in [5.74, 6) is -0.197. The molecule has 0 radical (unpaired) electrons. The van der Waals surface area contributed by atoms with Gasteiger partial charge in [-0.2, -0.15) is 4.98 Å². The molecule has 1 amide bonds. The van der Waals surface area contributed by atoms with Crippen molar-refractivity contribution < 1.29 is 14.7 Å². The van der Waals surface area contributed by atoms with Crippen molar-refractivity contribution in [2.75, 3.05) is 15.5 Å². The number of carboxylic acid groups (broad SMARTS) is 1. The predicted octanol–water partition coefficient (Wildman–Crippen LogP) is 4.64. The summed E-state index contributed by atoms with van der Waals surface area (Å²) < 4.78 is 0. The minimum absolute atomic E-state index is 0.0371. The lowest BCUT2D eigenvalue weighted by Gasteiger charge is -2.27. The maximum Gasteiger partial charge on any atom is 0.309 e. The third-order valence-electron chi connectivity index (χ3n) is 7.01. The minimum Gasteiger partial charge on any atom is -0.481 e. The number of halogens is 1. The van der Waals surface area contributed by atoms with E-state index in [0.717, 1.165) is 36.2 Å². The van der Waals surface area contributed by atoms with Crippen LogP contribution < -0.4 is 15.5 Å². The number of carboxylic acids is 1. The molecular formula is C25H28ClN5O3. The maximum atomic E-state index is 12.5. The number of aromatic nitrogens is 2. The van der Waals surface area contributed by atoms with E-state index in [2.05, 4.69) is 26.7 Å². The second-order valence-corrected chi connectivity index (χ2v) is 9.96. The molecule has 2 heterocycles. The zero-order valence-electron chi connectivity index (χ0n) is 19.2. The summed E-state index contributed by atoms with van der Waals surface area (Å²) in [5, 5.41) is 16.6. The molecule has 8 nitrogen and oxygen atoms in total. The second kappa shape index (κ2) is 8.91.